The second-order valence-corrected chi connectivity index (χ2v) is 4.16. The molecule has 2 heterocycles. The SMILES string of the molecule is CC/C(=C\C(=O)OCC1CO1)C(=O)OCC1CO1. The van der Waals surface area contributed by atoms with Gasteiger partial charge in [0.05, 0.1) is 13.2 Å². The Balaban J connectivity index is 1.76. The van der Waals surface area contributed by atoms with Crippen molar-refractivity contribution in [2.45, 2.75) is 25.6 Å². The van der Waals surface area contributed by atoms with Gasteiger partial charge >= 0.3 is 11.9 Å². The van der Waals surface area contributed by atoms with Gasteiger partial charge < -0.3 is 18.9 Å². The first-order chi connectivity index (χ1) is 8.69. The van der Waals surface area contributed by atoms with Crippen LogP contribution in [0.2, 0.25) is 0 Å². The average Bonchev–Trinajstić information content (AvgIpc) is 3.24. The highest BCUT2D eigenvalue weighted by atomic mass is 16.6. The van der Waals surface area contributed by atoms with Crippen molar-refractivity contribution in [2.24, 2.45) is 0 Å². The van der Waals surface area contributed by atoms with E-state index in [4.69, 9.17) is 18.9 Å². The van der Waals surface area contributed by atoms with E-state index in [1.54, 1.807) is 6.92 Å². The van der Waals surface area contributed by atoms with Crippen LogP contribution in [0.4, 0.5) is 0 Å². The highest BCUT2D eigenvalue weighted by molar-refractivity contribution is 5.96. The molecule has 0 spiro atoms. The minimum absolute atomic E-state index is 0.0195. The molecule has 6 heteroatoms. The summed E-state index contributed by atoms with van der Waals surface area (Å²) in [7, 11) is 0. The molecule has 0 aromatic rings. The molecule has 2 saturated heterocycles. The maximum Gasteiger partial charge on any atom is 0.334 e. The number of epoxide rings is 2. The summed E-state index contributed by atoms with van der Waals surface area (Å²) in [5.41, 5.74) is 0.303. The fraction of sp³-hybridized carbons (Fsp3) is 0.667. The van der Waals surface area contributed by atoms with E-state index >= 15 is 0 Å². The Morgan fingerprint density at radius 3 is 2.22 bits per heavy atom. The summed E-state index contributed by atoms with van der Waals surface area (Å²) >= 11 is 0. The molecule has 2 aliphatic heterocycles. The summed E-state index contributed by atoms with van der Waals surface area (Å²) in [6.07, 6.45) is 1.63. The smallest absolute Gasteiger partial charge is 0.334 e. The predicted molar refractivity (Wildman–Crippen MR) is 59.8 cm³/mol. The van der Waals surface area contributed by atoms with E-state index in [-0.39, 0.29) is 25.4 Å². The maximum absolute atomic E-state index is 11.6. The Kier molecular flexibility index (Phi) is 4.33. The molecule has 0 aromatic heterocycles. The zero-order valence-corrected chi connectivity index (χ0v) is 10.2. The number of carbonyl (C=O) groups is 2. The van der Waals surface area contributed by atoms with E-state index in [2.05, 4.69) is 0 Å². The highest BCUT2D eigenvalue weighted by Gasteiger charge is 2.26. The molecule has 0 aliphatic carbocycles. The molecule has 2 aliphatic rings. The fourth-order valence-electron chi connectivity index (χ4n) is 1.25. The Morgan fingerprint density at radius 1 is 1.17 bits per heavy atom. The van der Waals surface area contributed by atoms with Crippen LogP contribution in [0, 0.1) is 0 Å². The van der Waals surface area contributed by atoms with Crippen molar-refractivity contribution in [3.63, 3.8) is 0 Å². The van der Waals surface area contributed by atoms with Crippen LogP contribution in [0.5, 0.6) is 0 Å². The minimum Gasteiger partial charge on any atom is -0.460 e. The van der Waals surface area contributed by atoms with Crippen molar-refractivity contribution < 1.29 is 28.5 Å². The molecular weight excluding hydrogens is 240 g/mol. The second-order valence-electron chi connectivity index (χ2n) is 4.16. The van der Waals surface area contributed by atoms with E-state index in [0.29, 0.717) is 25.2 Å². The normalized spacial score (nSPS) is 25.5. The van der Waals surface area contributed by atoms with Crippen LogP contribution >= 0.6 is 0 Å². The van der Waals surface area contributed by atoms with E-state index in [9.17, 15) is 9.59 Å². The fourth-order valence-corrected chi connectivity index (χ4v) is 1.25. The van der Waals surface area contributed by atoms with Crippen LogP contribution in [0.25, 0.3) is 0 Å². The third kappa shape index (κ3) is 4.46. The van der Waals surface area contributed by atoms with Gasteiger partial charge in [-0.25, -0.2) is 9.59 Å². The molecule has 0 saturated carbocycles. The van der Waals surface area contributed by atoms with Crippen molar-refractivity contribution >= 4 is 11.9 Å². The molecule has 6 nitrogen and oxygen atoms in total. The first-order valence-corrected chi connectivity index (χ1v) is 5.96. The van der Waals surface area contributed by atoms with Crippen molar-refractivity contribution in [1.29, 1.82) is 0 Å². The molecule has 100 valence electrons. The van der Waals surface area contributed by atoms with Gasteiger partial charge in [-0.15, -0.1) is 0 Å². The monoisotopic (exact) mass is 256 g/mol. The van der Waals surface area contributed by atoms with Gasteiger partial charge in [-0.05, 0) is 6.42 Å². The van der Waals surface area contributed by atoms with E-state index in [0.717, 1.165) is 0 Å². The van der Waals surface area contributed by atoms with Gasteiger partial charge in [0.15, 0.2) is 0 Å². The molecule has 0 N–H and O–H groups in total. The Bertz CT molecular complexity index is 354. The highest BCUT2D eigenvalue weighted by Crippen LogP contribution is 2.12. The molecular formula is C12H16O6. The van der Waals surface area contributed by atoms with Gasteiger partial charge in [0.25, 0.3) is 0 Å². The van der Waals surface area contributed by atoms with Crippen LogP contribution in [0.1, 0.15) is 13.3 Å². The maximum atomic E-state index is 11.6. The summed E-state index contributed by atoms with van der Waals surface area (Å²) in [6, 6.07) is 0. The van der Waals surface area contributed by atoms with E-state index < -0.39 is 11.9 Å². The molecule has 2 fully saturated rings. The van der Waals surface area contributed by atoms with Crippen molar-refractivity contribution in [1.82, 2.24) is 0 Å². The number of rotatable bonds is 7. The van der Waals surface area contributed by atoms with Gasteiger partial charge in [0.2, 0.25) is 0 Å². The second kappa shape index (κ2) is 5.97. The van der Waals surface area contributed by atoms with Gasteiger partial charge in [-0.3, -0.25) is 0 Å². The summed E-state index contributed by atoms with van der Waals surface area (Å²) < 4.78 is 19.7. The van der Waals surface area contributed by atoms with Crippen molar-refractivity contribution in [3.8, 4) is 0 Å². The van der Waals surface area contributed by atoms with Crippen molar-refractivity contribution in [3.05, 3.63) is 11.6 Å². The first-order valence-electron chi connectivity index (χ1n) is 5.96. The molecule has 2 rings (SSSR count). The lowest BCUT2D eigenvalue weighted by Gasteiger charge is -2.05. The number of hydrogen-bond acceptors (Lipinski definition) is 6. The topological polar surface area (TPSA) is 77.7 Å². The molecule has 2 atom stereocenters. The zero-order chi connectivity index (χ0) is 13.0. The number of carbonyl (C=O) groups excluding carboxylic acids is 2. The van der Waals surface area contributed by atoms with Crippen LogP contribution in [0.15, 0.2) is 11.6 Å². The van der Waals surface area contributed by atoms with Gasteiger partial charge in [0, 0.05) is 11.6 Å². The molecule has 0 aromatic carbocycles. The molecule has 18 heavy (non-hydrogen) atoms. The number of hydrogen-bond donors (Lipinski definition) is 0. The lowest BCUT2D eigenvalue weighted by atomic mass is 10.2. The quantitative estimate of drug-likeness (QED) is 0.368. The molecule has 0 amide bonds. The summed E-state index contributed by atoms with van der Waals surface area (Å²) in [4.78, 5) is 23.0. The summed E-state index contributed by atoms with van der Waals surface area (Å²) in [6.45, 7) is 3.50. The summed E-state index contributed by atoms with van der Waals surface area (Å²) in [5, 5.41) is 0. The van der Waals surface area contributed by atoms with Gasteiger partial charge in [-0.1, -0.05) is 6.92 Å². The third-order valence-corrected chi connectivity index (χ3v) is 2.55. The van der Waals surface area contributed by atoms with Crippen LogP contribution in [-0.4, -0.2) is 50.6 Å². The zero-order valence-electron chi connectivity index (χ0n) is 10.2. The predicted octanol–water partition coefficient (Wildman–Crippen LogP) is 0.207. The number of esters is 2. The number of ether oxygens (including phenoxy) is 4. The molecule has 0 radical (unpaired) electrons. The lowest BCUT2D eigenvalue weighted by Crippen LogP contribution is -2.14. The Morgan fingerprint density at radius 2 is 1.72 bits per heavy atom. The minimum atomic E-state index is -0.540. The van der Waals surface area contributed by atoms with Gasteiger partial charge in [-0.2, -0.15) is 0 Å². The van der Waals surface area contributed by atoms with E-state index in [1.807, 2.05) is 0 Å². The van der Waals surface area contributed by atoms with Crippen LogP contribution < -0.4 is 0 Å². The van der Waals surface area contributed by atoms with Crippen LogP contribution in [-0.2, 0) is 28.5 Å². The average molecular weight is 256 g/mol. The first kappa shape index (κ1) is 13.0. The Labute approximate surface area is 105 Å². The standard InChI is InChI=1S/C12H16O6/c1-2-8(12(14)18-7-10-5-16-10)3-11(13)17-6-9-4-15-9/h3,9-10H,2,4-7H2,1H3/b8-3+. The third-order valence-electron chi connectivity index (χ3n) is 2.55. The Hall–Kier alpha value is -1.40. The summed E-state index contributed by atoms with van der Waals surface area (Å²) in [5.74, 6) is -1.03. The molecule has 0 bridgehead atoms. The molecule has 2 unspecified atom stereocenters. The van der Waals surface area contributed by atoms with Crippen LogP contribution in [0.3, 0.4) is 0 Å². The largest absolute Gasteiger partial charge is 0.460 e. The van der Waals surface area contributed by atoms with Crippen molar-refractivity contribution in [2.75, 3.05) is 26.4 Å². The lowest BCUT2D eigenvalue weighted by molar-refractivity contribution is -0.142. The van der Waals surface area contributed by atoms with E-state index in [1.165, 1.54) is 6.08 Å². The van der Waals surface area contributed by atoms with Gasteiger partial charge in [0.1, 0.15) is 25.4 Å².